The first kappa shape index (κ1) is 23.5. The number of nitrogens with zero attached hydrogens (tertiary/aromatic N) is 3. The van der Waals surface area contributed by atoms with Crippen LogP contribution in [0.1, 0.15) is 71.0 Å². The van der Waals surface area contributed by atoms with Crippen molar-refractivity contribution in [2.24, 2.45) is 10.9 Å². The fourth-order valence-electron chi connectivity index (χ4n) is 3.97. The van der Waals surface area contributed by atoms with Gasteiger partial charge in [-0.05, 0) is 52.0 Å². The average molecular weight is 417 g/mol. The van der Waals surface area contributed by atoms with Crippen LogP contribution in [0, 0.1) is 12.8 Å². The van der Waals surface area contributed by atoms with Gasteiger partial charge in [0.15, 0.2) is 0 Å². The number of aliphatic hydroxyl groups is 1. The number of allylic oxidation sites excluding steroid dienone is 1. The number of pyridine rings is 1. The van der Waals surface area contributed by atoms with Gasteiger partial charge in [-0.2, -0.15) is 0 Å². The lowest BCUT2D eigenvalue weighted by molar-refractivity contribution is -0.0300. The van der Waals surface area contributed by atoms with Crippen LogP contribution in [0.15, 0.2) is 22.8 Å². The summed E-state index contributed by atoms with van der Waals surface area (Å²) in [5, 5.41) is 15.4. The fraction of sp³-hybridized carbons (Fsp3) is 0.609. The summed E-state index contributed by atoms with van der Waals surface area (Å²) >= 11 is 1.68. The zero-order valence-corrected chi connectivity index (χ0v) is 19.8. The number of hydrogen-bond acceptors (Lipinski definition) is 5. The Morgan fingerprint density at radius 2 is 1.97 bits per heavy atom. The topological polar surface area (TPSA) is 70.4 Å². The van der Waals surface area contributed by atoms with E-state index in [1.54, 1.807) is 11.3 Å². The SMILES string of the molecule is CCC(CCNC(=NC)C(=C(C)C)c1nc2c(C)nccc2s1)C(O)(CC)CC. The molecule has 29 heavy (non-hydrogen) atoms. The number of fused-ring (bicyclic) bond motifs is 1. The minimum Gasteiger partial charge on any atom is -0.390 e. The summed E-state index contributed by atoms with van der Waals surface area (Å²) in [6.45, 7) is 13.3. The van der Waals surface area contributed by atoms with Crippen molar-refractivity contribution in [3.8, 4) is 0 Å². The van der Waals surface area contributed by atoms with Crippen LogP contribution in [0.3, 0.4) is 0 Å². The van der Waals surface area contributed by atoms with Crippen LogP contribution in [-0.4, -0.2) is 40.1 Å². The smallest absolute Gasteiger partial charge is 0.130 e. The van der Waals surface area contributed by atoms with E-state index in [1.165, 1.54) is 5.57 Å². The van der Waals surface area contributed by atoms with Crippen molar-refractivity contribution in [1.29, 1.82) is 0 Å². The Kier molecular flexibility index (Phi) is 8.34. The predicted octanol–water partition coefficient (Wildman–Crippen LogP) is 5.38. The molecule has 0 bridgehead atoms. The summed E-state index contributed by atoms with van der Waals surface area (Å²) in [5.74, 6) is 1.13. The van der Waals surface area contributed by atoms with Gasteiger partial charge >= 0.3 is 0 Å². The molecule has 2 aromatic rings. The molecular weight excluding hydrogens is 380 g/mol. The molecule has 0 saturated heterocycles. The number of aromatic nitrogens is 2. The highest BCUT2D eigenvalue weighted by Gasteiger charge is 2.31. The van der Waals surface area contributed by atoms with Gasteiger partial charge in [0.2, 0.25) is 0 Å². The van der Waals surface area contributed by atoms with Crippen LogP contribution < -0.4 is 5.32 Å². The van der Waals surface area contributed by atoms with Gasteiger partial charge in [-0.25, -0.2) is 4.98 Å². The molecule has 6 heteroatoms. The molecule has 1 unspecified atom stereocenters. The minimum absolute atomic E-state index is 0.273. The molecule has 2 N–H and O–H groups in total. The second kappa shape index (κ2) is 10.3. The summed E-state index contributed by atoms with van der Waals surface area (Å²) in [5.41, 5.74) is 3.56. The molecule has 5 nitrogen and oxygen atoms in total. The number of amidine groups is 1. The number of rotatable bonds is 9. The quantitative estimate of drug-likeness (QED) is 0.425. The highest BCUT2D eigenvalue weighted by atomic mass is 32.1. The third kappa shape index (κ3) is 5.23. The van der Waals surface area contributed by atoms with Crippen molar-refractivity contribution in [1.82, 2.24) is 15.3 Å². The normalized spacial score (nSPS) is 13.6. The van der Waals surface area contributed by atoms with Crippen LogP contribution in [0.4, 0.5) is 0 Å². The van der Waals surface area contributed by atoms with Gasteiger partial charge in [-0.3, -0.25) is 9.98 Å². The third-order valence-corrected chi connectivity index (χ3v) is 6.96. The van der Waals surface area contributed by atoms with E-state index in [0.717, 1.165) is 64.6 Å². The van der Waals surface area contributed by atoms with Gasteiger partial charge in [0, 0.05) is 19.8 Å². The Hall–Kier alpha value is -1.79. The maximum Gasteiger partial charge on any atom is 0.130 e. The zero-order valence-electron chi connectivity index (χ0n) is 19.0. The highest BCUT2D eigenvalue weighted by molar-refractivity contribution is 7.19. The van der Waals surface area contributed by atoms with Crippen molar-refractivity contribution in [2.75, 3.05) is 13.6 Å². The second-order valence-electron chi connectivity index (χ2n) is 7.84. The van der Waals surface area contributed by atoms with E-state index in [2.05, 4.69) is 49.9 Å². The molecule has 0 radical (unpaired) electrons. The molecule has 2 rings (SSSR count). The molecule has 0 amide bonds. The van der Waals surface area contributed by atoms with Gasteiger partial charge in [-0.15, -0.1) is 11.3 Å². The standard InChI is InChI=1S/C23H36N4OS/c1-8-17(23(28,9-2)10-3)11-13-26-21(24-7)19(15(4)5)22-27-20-16(6)25-14-12-18(20)29-22/h12,14,17,28H,8-11,13H2,1-7H3,(H,24,26). The van der Waals surface area contributed by atoms with Gasteiger partial charge in [-0.1, -0.05) is 32.8 Å². The summed E-state index contributed by atoms with van der Waals surface area (Å²) < 4.78 is 1.14. The summed E-state index contributed by atoms with van der Waals surface area (Å²) in [7, 11) is 1.82. The predicted molar refractivity (Wildman–Crippen MR) is 126 cm³/mol. The lowest BCUT2D eigenvalue weighted by atomic mass is 9.79. The van der Waals surface area contributed by atoms with Crippen molar-refractivity contribution in [2.45, 2.75) is 72.8 Å². The number of thiazole rings is 1. The van der Waals surface area contributed by atoms with E-state index < -0.39 is 5.60 Å². The molecule has 1 atom stereocenters. The Morgan fingerprint density at radius 1 is 1.28 bits per heavy atom. The monoisotopic (exact) mass is 416 g/mol. The average Bonchev–Trinajstić information content (AvgIpc) is 3.14. The molecule has 0 aromatic carbocycles. The molecule has 0 aliphatic carbocycles. The summed E-state index contributed by atoms with van der Waals surface area (Å²) in [6.07, 6.45) is 5.29. The molecule has 160 valence electrons. The van der Waals surface area contributed by atoms with Gasteiger partial charge in [0.1, 0.15) is 16.4 Å². The summed E-state index contributed by atoms with van der Waals surface area (Å²) in [6, 6.07) is 2.02. The molecule has 0 spiro atoms. The first-order chi connectivity index (χ1) is 13.8. The largest absolute Gasteiger partial charge is 0.390 e. The van der Waals surface area contributed by atoms with Crippen LogP contribution in [0.2, 0.25) is 0 Å². The van der Waals surface area contributed by atoms with Crippen LogP contribution in [0.5, 0.6) is 0 Å². The number of aryl methyl sites for hydroxylation is 1. The summed E-state index contributed by atoms with van der Waals surface area (Å²) in [4.78, 5) is 13.8. The second-order valence-corrected chi connectivity index (χ2v) is 8.87. The van der Waals surface area contributed by atoms with E-state index in [-0.39, 0.29) is 5.92 Å². The van der Waals surface area contributed by atoms with Crippen LogP contribution in [-0.2, 0) is 0 Å². The maximum atomic E-state index is 10.9. The van der Waals surface area contributed by atoms with Gasteiger partial charge in [0.05, 0.1) is 21.6 Å². The number of aliphatic imine (C=N–C) groups is 1. The molecule has 0 fully saturated rings. The first-order valence-corrected chi connectivity index (χ1v) is 11.5. The molecule has 0 aliphatic rings. The van der Waals surface area contributed by atoms with E-state index in [4.69, 9.17) is 4.98 Å². The molecule has 2 aromatic heterocycles. The van der Waals surface area contributed by atoms with Crippen LogP contribution >= 0.6 is 11.3 Å². The Labute approximate surface area is 179 Å². The molecule has 2 heterocycles. The fourth-order valence-corrected chi connectivity index (χ4v) is 5.13. The minimum atomic E-state index is -0.586. The van der Waals surface area contributed by atoms with E-state index in [9.17, 15) is 5.11 Å². The van der Waals surface area contributed by atoms with E-state index in [0.29, 0.717) is 0 Å². The maximum absolute atomic E-state index is 10.9. The van der Waals surface area contributed by atoms with E-state index in [1.807, 2.05) is 26.2 Å². The van der Waals surface area contributed by atoms with Crippen molar-refractivity contribution >= 4 is 33.0 Å². The Balaban J connectivity index is 2.22. The number of hydrogen-bond donors (Lipinski definition) is 2. The molecule has 0 saturated carbocycles. The van der Waals surface area contributed by atoms with Crippen molar-refractivity contribution < 1.29 is 5.11 Å². The van der Waals surface area contributed by atoms with Crippen LogP contribution in [0.25, 0.3) is 15.8 Å². The van der Waals surface area contributed by atoms with Gasteiger partial charge < -0.3 is 10.4 Å². The van der Waals surface area contributed by atoms with Crippen molar-refractivity contribution in [3.05, 3.63) is 28.5 Å². The molecule has 0 aliphatic heterocycles. The lowest BCUT2D eigenvalue weighted by Gasteiger charge is -2.34. The van der Waals surface area contributed by atoms with Crippen molar-refractivity contribution in [3.63, 3.8) is 0 Å². The van der Waals surface area contributed by atoms with Gasteiger partial charge in [0.25, 0.3) is 0 Å². The zero-order chi connectivity index (χ0) is 21.6. The Morgan fingerprint density at radius 3 is 2.48 bits per heavy atom. The third-order valence-electron chi connectivity index (χ3n) is 5.93. The highest BCUT2D eigenvalue weighted by Crippen LogP contribution is 2.32. The number of nitrogens with one attached hydrogen (secondary N) is 1. The first-order valence-electron chi connectivity index (χ1n) is 10.6. The molecular formula is C23H36N4OS. The van der Waals surface area contributed by atoms with E-state index >= 15 is 0 Å². The Bertz CT molecular complexity index is 876. The lowest BCUT2D eigenvalue weighted by Crippen LogP contribution is -2.39.